The number of para-hydroxylation sites is 1. The quantitative estimate of drug-likeness (QED) is 0.357. The third kappa shape index (κ3) is 3.15. The third-order valence-corrected chi connectivity index (χ3v) is 3.39. The highest BCUT2D eigenvalue weighted by molar-refractivity contribution is 9.10. The lowest BCUT2D eigenvalue weighted by molar-refractivity contribution is -0.384. The molecule has 0 aliphatic carbocycles. The van der Waals surface area contributed by atoms with Crippen LogP contribution in [-0.4, -0.2) is 10.9 Å². The van der Waals surface area contributed by atoms with Gasteiger partial charge in [-0.25, -0.2) is 4.79 Å². The van der Waals surface area contributed by atoms with Gasteiger partial charge in [0, 0.05) is 12.1 Å². The van der Waals surface area contributed by atoms with E-state index in [1.165, 1.54) is 12.1 Å². The number of ether oxygens (including phenoxy) is 1. The topological polar surface area (TPSA) is 69.4 Å². The van der Waals surface area contributed by atoms with Gasteiger partial charge in [-0.05, 0) is 34.1 Å². The minimum atomic E-state index is -0.684. The van der Waals surface area contributed by atoms with Crippen molar-refractivity contribution in [2.24, 2.45) is 0 Å². The number of esters is 1. The van der Waals surface area contributed by atoms with Crippen LogP contribution >= 0.6 is 27.5 Å². The molecule has 0 heterocycles. The first-order valence-corrected chi connectivity index (χ1v) is 6.57. The van der Waals surface area contributed by atoms with Gasteiger partial charge in [-0.1, -0.05) is 23.7 Å². The molecule has 0 saturated heterocycles. The van der Waals surface area contributed by atoms with Gasteiger partial charge in [-0.2, -0.15) is 0 Å². The van der Waals surface area contributed by atoms with Crippen molar-refractivity contribution in [3.63, 3.8) is 0 Å². The van der Waals surface area contributed by atoms with Crippen LogP contribution in [0.15, 0.2) is 46.9 Å². The molecular weight excluding hydrogens is 350 g/mol. The number of carbonyl (C=O) groups is 1. The van der Waals surface area contributed by atoms with E-state index in [0.717, 1.165) is 6.07 Å². The van der Waals surface area contributed by atoms with E-state index in [9.17, 15) is 14.9 Å². The molecule has 0 amide bonds. The van der Waals surface area contributed by atoms with E-state index in [1.807, 2.05) is 0 Å². The van der Waals surface area contributed by atoms with E-state index in [-0.39, 0.29) is 16.3 Å². The summed E-state index contributed by atoms with van der Waals surface area (Å²) in [7, 11) is 0. The highest BCUT2D eigenvalue weighted by Crippen LogP contribution is 2.27. The molecule has 2 aromatic rings. The third-order valence-electron chi connectivity index (χ3n) is 2.42. The van der Waals surface area contributed by atoms with E-state index < -0.39 is 10.9 Å². The molecule has 2 rings (SSSR count). The van der Waals surface area contributed by atoms with Crippen molar-refractivity contribution >= 4 is 39.2 Å². The Hall–Kier alpha value is -1.92. The van der Waals surface area contributed by atoms with Crippen LogP contribution in [-0.2, 0) is 0 Å². The van der Waals surface area contributed by atoms with Crippen molar-refractivity contribution in [3.8, 4) is 5.75 Å². The Bertz CT molecular complexity index is 690. The average Bonchev–Trinajstić information content (AvgIpc) is 2.41. The Labute approximate surface area is 127 Å². The summed E-state index contributed by atoms with van der Waals surface area (Å²) in [5.41, 5.74) is -0.125. The van der Waals surface area contributed by atoms with Gasteiger partial charge < -0.3 is 4.74 Å². The molecule has 5 nitrogen and oxygen atoms in total. The van der Waals surface area contributed by atoms with Gasteiger partial charge in [0.25, 0.3) is 5.69 Å². The lowest BCUT2D eigenvalue weighted by Gasteiger charge is -2.07. The van der Waals surface area contributed by atoms with Gasteiger partial charge in [-0.3, -0.25) is 10.1 Å². The zero-order valence-corrected chi connectivity index (χ0v) is 12.2. The zero-order valence-electron chi connectivity index (χ0n) is 9.88. The summed E-state index contributed by atoms with van der Waals surface area (Å²) in [5, 5.41) is 10.6. The second kappa shape index (κ2) is 6.02. The Morgan fingerprint density at radius 3 is 2.55 bits per heavy atom. The summed E-state index contributed by atoms with van der Waals surface area (Å²) >= 11 is 9.10. The highest BCUT2D eigenvalue weighted by Gasteiger charge is 2.17. The van der Waals surface area contributed by atoms with Crippen LogP contribution in [0.25, 0.3) is 0 Å². The molecule has 0 aliphatic rings. The number of non-ortho nitro benzene ring substituents is 1. The molecule has 20 heavy (non-hydrogen) atoms. The van der Waals surface area contributed by atoms with E-state index in [2.05, 4.69) is 15.9 Å². The van der Waals surface area contributed by atoms with Gasteiger partial charge in [0.15, 0.2) is 0 Å². The normalized spacial score (nSPS) is 10.1. The average molecular weight is 357 g/mol. The van der Waals surface area contributed by atoms with Gasteiger partial charge >= 0.3 is 5.97 Å². The van der Waals surface area contributed by atoms with Crippen molar-refractivity contribution in [2.45, 2.75) is 0 Å². The molecule has 0 radical (unpaired) electrons. The summed E-state index contributed by atoms with van der Waals surface area (Å²) in [6, 6.07) is 10.4. The maximum atomic E-state index is 12.0. The number of nitro groups is 1. The molecule has 7 heteroatoms. The predicted octanol–water partition coefficient (Wildman–Crippen LogP) is 4.23. The fraction of sp³-hybridized carbons (Fsp3) is 0. The Morgan fingerprint density at radius 1 is 1.25 bits per heavy atom. The largest absolute Gasteiger partial charge is 0.422 e. The number of hydrogen-bond donors (Lipinski definition) is 0. The number of hydrogen-bond acceptors (Lipinski definition) is 4. The lowest BCUT2D eigenvalue weighted by atomic mass is 10.2. The Kier molecular flexibility index (Phi) is 4.36. The summed E-state index contributed by atoms with van der Waals surface area (Å²) in [5.74, 6) is -0.344. The van der Waals surface area contributed by atoms with Crippen molar-refractivity contribution < 1.29 is 14.5 Å². The van der Waals surface area contributed by atoms with Crippen molar-refractivity contribution in [2.75, 3.05) is 0 Å². The van der Waals surface area contributed by atoms with Gasteiger partial charge in [0.2, 0.25) is 0 Å². The zero-order chi connectivity index (χ0) is 14.7. The molecule has 0 atom stereocenters. The summed E-state index contributed by atoms with van der Waals surface area (Å²) in [6.45, 7) is 0. The van der Waals surface area contributed by atoms with Gasteiger partial charge in [-0.15, -0.1) is 0 Å². The van der Waals surface area contributed by atoms with E-state index in [4.69, 9.17) is 16.3 Å². The number of nitrogens with zero attached hydrogens (tertiary/aromatic N) is 1. The Morgan fingerprint density at radius 2 is 1.95 bits per heavy atom. The minimum absolute atomic E-state index is 0.0312. The second-order valence-electron chi connectivity index (χ2n) is 3.74. The maximum absolute atomic E-state index is 12.0. The van der Waals surface area contributed by atoms with Crippen LogP contribution in [0.1, 0.15) is 10.4 Å². The minimum Gasteiger partial charge on any atom is -0.422 e. The number of carbonyl (C=O) groups excluding carboxylic acids is 1. The van der Waals surface area contributed by atoms with Gasteiger partial charge in [0.05, 0.1) is 20.0 Å². The van der Waals surface area contributed by atoms with E-state index in [1.54, 1.807) is 24.3 Å². The van der Waals surface area contributed by atoms with Crippen LogP contribution in [0.2, 0.25) is 5.02 Å². The number of rotatable bonds is 3. The van der Waals surface area contributed by atoms with E-state index in [0.29, 0.717) is 10.2 Å². The maximum Gasteiger partial charge on any atom is 0.345 e. The van der Waals surface area contributed by atoms with Crippen LogP contribution < -0.4 is 4.74 Å². The SMILES string of the molecule is O=C(Oc1ccccc1Br)c1ccc([N+](=O)[O-])cc1Cl. The smallest absolute Gasteiger partial charge is 0.345 e. The van der Waals surface area contributed by atoms with Crippen LogP contribution in [0.3, 0.4) is 0 Å². The molecule has 0 bridgehead atoms. The molecule has 0 spiro atoms. The molecule has 0 aliphatic heterocycles. The highest BCUT2D eigenvalue weighted by atomic mass is 79.9. The second-order valence-corrected chi connectivity index (χ2v) is 5.00. The standard InChI is InChI=1S/C13H7BrClNO4/c14-10-3-1-2-4-12(10)20-13(17)9-6-5-8(16(18)19)7-11(9)15/h1-7H. The molecule has 0 N–H and O–H groups in total. The summed E-state index contributed by atoms with van der Waals surface area (Å²) in [6.07, 6.45) is 0. The lowest BCUT2D eigenvalue weighted by Crippen LogP contribution is -2.09. The summed E-state index contributed by atoms with van der Waals surface area (Å²) in [4.78, 5) is 22.0. The Balaban J connectivity index is 2.26. The van der Waals surface area contributed by atoms with Crippen molar-refractivity contribution in [1.29, 1.82) is 0 Å². The fourth-order valence-electron chi connectivity index (χ4n) is 1.47. The first-order valence-electron chi connectivity index (χ1n) is 5.39. The first-order chi connectivity index (χ1) is 9.49. The predicted molar refractivity (Wildman–Crippen MR) is 77.2 cm³/mol. The molecular formula is C13H7BrClNO4. The van der Waals surface area contributed by atoms with Crippen molar-refractivity contribution in [3.05, 3.63) is 67.6 Å². The molecule has 0 aromatic heterocycles. The van der Waals surface area contributed by atoms with Crippen LogP contribution in [0, 0.1) is 10.1 Å². The molecule has 0 unspecified atom stereocenters. The van der Waals surface area contributed by atoms with Crippen LogP contribution in [0.4, 0.5) is 5.69 Å². The fourth-order valence-corrected chi connectivity index (χ4v) is 2.08. The first kappa shape index (κ1) is 14.5. The van der Waals surface area contributed by atoms with Crippen molar-refractivity contribution in [1.82, 2.24) is 0 Å². The van der Waals surface area contributed by atoms with Gasteiger partial charge in [0.1, 0.15) is 5.75 Å². The number of halogens is 2. The molecule has 0 fully saturated rings. The molecule has 102 valence electrons. The molecule has 2 aromatic carbocycles. The van der Waals surface area contributed by atoms with Crippen LogP contribution in [0.5, 0.6) is 5.75 Å². The summed E-state index contributed by atoms with van der Waals surface area (Å²) < 4.78 is 5.79. The number of nitro benzene ring substituents is 1. The number of benzene rings is 2. The van der Waals surface area contributed by atoms with E-state index >= 15 is 0 Å². The monoisotopic (exact) mass is 355 g/mol. The molecule has 0 saturated carbocycles.